The van der Waals surface area contributed by atoms with Gasteiger partial charge in [-0.2, -0.15) is 0 Å². The molecule has 1 amide bonds. The first-order valence-corrected chi connectivity index (χ1v) is 7.46. The lowest BCUT2D eigenvalue weighted by Gasteiger charge is -2.14. The number of rotatable bonds is 2. The monoisotopic (exact) mass is 343 g/mol. The third kappa shape index (κ3) is 2.03. The summed E-state index contributed by atoms with van der Waals surface area (Å²) in [4.78, 5) is 13.5. The zero-order chi connectivity index (χ0) is 11.8. The van der Waals surface area contributed by atoms with Gasteiger partial charge in [0.15, 0.2) is 0 Å². The lowest BCUT2D eigenvalue weighted by Crippen LogP contribution is -2.24. The van der Waals surface area contributed by atoms with Crippen LogP contribution in [0.3, 0.4) is 0 Å². The molecule has 0 saturated carbocycles. The van der Waals surface area contributed by atoms with Crippen LogP contribution in [-0.2, 0) is 17.6 Å². The van der Waals surface area contributed by atoms with Gasteiger partial charge in [0.2, 0.25) is 0 Å². The van der Waals surface area contributed by atoms with Crippen LogP contribution in [0.25, 0.3) is 0 Å². The number of anilines is 1. The minimum atomic E-state index is -0.204. The Morgan fingerprint density at radius 2 is 2.18 bits per heavy atom. The van der Waals surface area contributed by atoms with Crippen LogP contribution < -0.4 is 4.90 Å². The van der Waals surface area contributed by atoms with E-state index in [0.29, 0.717) is 6.54 Å². The summed E-state index contributed by atoms with van der Waals surface area (Å²) in [6.07, 6.45) is 3.39. The first-order valence-electron chi connectivity index (χ1n) is 5.94. The minimum absolute atomic E-state index is 0.0383. The number of carbonyl (C=O) groups excluding carboxylic acids is 1. The number of alkyl halides is 1. The van der Waals surface area contributed by atoms with Crippen LogP contribution >= 0.6 is 22.6 Å². The second-order valence-electron chi connectivity index (χ2n) is 4.58. The molecule has 1 heterocycles. The fraction of sp³-hybridized carbons (Fsp3) is 0.462. The van der Waals surface area contributed by atoms with Gasteiger partial charge in [-0.25, -0.2) is 4.79 Å². The SMILES string of the molecule is O=C1OC(CI)CN1c1ccc2c(c1)CCC2. The first kappa shape index (κ1) is 11.3. The zero-order valence-electron chi connectivity index (χ0n) is 9.49. The van der Waals surface area contributed by atoms with Crippen molar-refractivity contribution in [2.75, 3.05) is 15.9 Å². The van der Waals surface area contributed by atoms with E-state index in [1.807, 2.05) is 6.07 Å². The van der Waals surface area contributed by atoms with Crippen LogP contribution in [0.1, 0.15) is 17.5 Å². The number of cyclic esters (lactones) is 1. The molecule has 0 bridgehead atoms. The summed E-state index contributed by atoms with van der Waals surface area (Å²) in [7, 11) is 0. The standard InChI is InChI=1S/C13H14INO2/c14-7-12-8-15(13(16)17-12)11-5-4-9-2-1-3-10(9)6-11/h4-6,12H,1-3,7-8H2. The Balaban J connectivity index is 1.87. The predicted molar refractivity (Wildman–Crippen MR) is 75.0 cm³/mol. The van der Waals surface area contributed by atoms with Crippen molar-refractivity contribution in [2.24, 2.45) is 0 Å². The van der Waals surface area contributed by atoms with Crippen molar-refractivity contribution in [1.82, 2.24) is 0 Å². The second kappa shape index (κ2) is 4.48. The number of hydrogen-bond donors (Lipinski definition) is 0. The molecule has 1 aromatic carbocycles. The highest BCUT2D eigenvalue weighted by Crippen LogP contribution is 2.29. The highest BCUT2D eigenvalue weighted by Gasteiger charge is 2.31. The van der Waals surface area contributed by atoms with Crippen LogP contribution in [0, 0.1) is 0 Å². The molecular formula is C13H14INO2. The Bertz CT molecular complexity index is 461. The van der Waals surface area contributed by atoms with Gasteiger partial charge in [0.1, 0.15) is 6.10 Å². The second-order valence-corrected chi connectivity index (χ2v) is 5.46. The van der Waals surface area contributed by atoms with Crippen molar-refractivity contribution in [1.29, 1.82) is 0 Å². The molecule has 1 aliphatic carbocycles. The normalized spacial score (nSPS) is 22.8. The zero-order valence-corrected chi connectivity index (χ0v) is 11.6. The average molecular weight is 343 g/mol. The minimum Gasteiger partial charge on any atom is -0.443 e. The van der Waals surface area contributed by atoms with E-state index in [0.717, 1.165) is 16.5 Å². The first-order chi connectivity index (χ1) is 8.28. The highest BCUT2D eigenvalue weighted by atomic mass is 127. The molecule has 1 aromatic rings. The number of aryl methyl sites for hydroxylation is 2. The van der Waals surface area contributed by atoms with E-state index in [-0.39, 0.29) is 12.2 Å². The summed E-state index contributed by atoms with van der Waals surface area (Å²) in [5, 5.41) is 0. The summed E-state index contributed by atoms with van der Waals surface area (Å²) in [5.74, 6) is 0. The number of fused-ring (bicyclic) bond motifs is 1. The van der Waals surface area contributed by atoms with Crippen LogP contribution in [0.2, 0.25) is 0 Å². The third-order valence-corrected chi connectivity index (χ3v) is 4.42. The molecule has 4 heteroatoms. The van der Waals surface area contributed by atoms with Crippen molar-refractivity contribution in [3.05, 3.63) is 29.3 Å². The maximum Gasteiger partial charge on any atom is 0.414 e. The van der Waals surface area contributed by atoms with Gasteiger partial charge in [0.25, 0.3) is 0 Å². The summed E-state index contributed by atoms with van der Waals surface area (Å²) in [6.45, 7) is 0.681. The number of nitrogens with zero attached hydrogens (tertiary/aromatic N) is 1. The Labute approximate surface area is 114 Å². The number of ether oxygens (including phenoxy) is 1. The van der Waals surface area contributed by atoms with Crippen LogP contribution in [0.5, 0.6) is 0 Å². The molecule has 1 fully saturated rings. The largest absolute Gasteiger partial charge is 0.443 e. The van der Waals surface area contributed by atoms with Gasteiger partial charge in [-0.1, -0.05) is 28.7 Å². The number of halogens is 1. The van der Waals surface area contributed by atoms with E-state index in [1.165, 1.54) is 24.0 Å². The summed E-state index contributed by atoms with van der Waals surface area (Å²) in [5.41, 5.74) is 3.82. The van der Waals surface area contributed by atoms with Crippen molar-refractivity contribution in [3.63, 3.8) is 0 Å². The molecule has 1 saturated heterocycles. The molecular weight excluding hydrogens is 329 g/mol. The van der Waals surface area contributed by atoms with Crippen molar-refractivity contribution in [2.45, 2.75) is 25.4 Å². The highest BCUT2D eigenvalue weighted by molar-refractivity contribution is 14.1. The third-order valence-electron chi connectivity index (χ3n) is 3.44. The Morgan fingerprint density at radius 3 is 2.94 bits per heavy atom. The van der Waals surface area contributed by atoms with E-state index in [4.69, 9.17) is 4.74 Å². The molecule has 0 N–H and O–H groups in total. The lowest BCUT2D eigenvalue weighted by atomic mass is 10.1. The maximum atomic E-state index is 11.7. The van der Waals surface area contributed by atoms with Crippen molar-refractivity contribution >= 4 is 34.4 Å². The maximum absolute atomic E-state index is 11.7. The smallest absolute Gasteiger partial charge is 0.414 e. The molecule has 0 aromatic heterocycles. The summed E-state index contributed by atoms with van der Waals surface area (Å²) >= 11 is 2.25. The lowest BCUT2D eigenvalue weighted by molar-refractivity contribution is 0.153. The number of carbonyl (C=O) groups is 1. The number of benzene rings is 1. The van der Waals surface area contributed by atoms with Gasteiger partial charge in [0.05, 0.1) is 6.54 Å². The van der Waals surface area contributed by atoms with Crippen molar-refractivity contribution < 1.29 is 9.53 Å². The van der Waals surface area contributed by atoms with Gasteiger partial charge in [0, 0.05) is 10.1 Å². The molecule has 0 radical (unpaired) electrons. The van der Waals surface area contributed by atoms with Gasteiger partial charge in [-0.05, 0) is 42.5 Å². The van der Waals surface area contributed by atoms with E-state index >= 15 is 0 Å². The Morgan fingerprint density at radius 1 is 1.35 bits per heavy atom. The van der Waals surface area contributed by atoms with E-state index in [9.17, 15) is 4.79 Å². The molecule has 17 heavy (non-hydrogen) atoms. The Kier molecular flexibility index (Phi) is 2.98. The van der Waals surface area contributed by atoms with Gasteiger partial charge < -0.3 is 4.74 Å². The molecule has 90 valence electrons. The fourth-order valence-corrected chi connectivity index (χ4v) is 3.00. The molecule has 1 aliphatic heterocycles. The molecule has 0 spiro atoms. The summed E-state index contributed by atoms with van der Waals surface area (Å²) in [6, 6.07) is 6.35. The average Bonchev–Trinajstić information content (AvgIpc) is 2.93. The quantitative estimate of drug-likeness (QED) is 0.610. The van der Waals surface area contributed by atoms with E-state index in [2.05, 4.69) is 34.7 Å². The molecule has 1 unspecified atom stereocenters. The summed E-state index contributed by atoms with van der Waals surface area (Å²) < 4.78 is 6.13. The predicted octanol–water partition coefficient (Wildman–Crippen LogP) is 2.94. The van der Waals surface area contributed by atoms with Gasteiger partial charge >= 0.3 is 6.09 Å². The fourth-order valence-electron chi connectivity index (χ4n) is 2.54. The van der Waals surface area contributed by atoms with Gasteiger partial charge in [-0.3, -0.25) is 4.90 Å². The number of amides is 1. The van der Waals surface area contributed by atoms with E-state index < -0.39 is 0 Å². The van der Waals surface area contributed by atoms with E-state index in [1.54, 1.807) is 4.90 Å². The van der Waals surface area contributed by atoms with Crippen LogP contribution in [0.4, 0.5) is 10.5 Å². The van der Waals surface area contributed by atoms with Crippen LogP contribution in [0.15, 0.2) is 18.2 Å². The Hall–Kier alpha value is -0.780. The van der Waals surface area contributed by atoms with Crippen molar-refractivity contribution in [3.8, 4) is 0 Å². The molecule has 3 rings (SSSR count). The van der Waals surface area contributed by atoms with Gasteiger partial charge in [-0.15, -0.1) is 0 Å². The topological polar surface area (TPSA) is 29.5 Å². The molecule has 1 atom stereocenters. The van der Waals surface area contributed by atoms with Crippen LogP contribution in [-0.4, -0.2) is 23.2 Å². The molecule has 2 aliphatic rings. The number of hydrogen-bond acceptors (Lipinski definition) is 2. The molecule has 3 nitrogen and oxygen atoms in total.